The van der Waals surface area contributed by atoms with Crippen LogP contribution in [-0.2, 0) is 16.0 Å². The average molecular weight is 262 g/mol. The van der Waals surface area contributed by atoms with E-state index >= 15 is 0 Å². The number of para-hydroxylation sites is 1. The Bertz CT molecular complexity index is 434. The van der Waals surface area contributed by atoms with E-state index in [-0.39, 0.29) is 12.0 Å². The molecular weight excluding hydrogens is 240 g/mol. The number of aryl methyl sites for hydroxylation is 1. The molecule has 0 spiro atoms. The van der Waals surface area contributed by atoms with Crippen molar-refractivity contribution in [3.05, 3.63) is 29.8 Å². The molecule has 1 atom stereocenters. The number of carbonyl (C=O) groups is 1. The average Bonchev–Trinajstić information content (AvgIpc) is 2.66. The molecule has 1 aliphatic rings. The minimum Gasteiger partial charge on any atom is -0.468 e. The number of carbonyl (C=O) groups excluding carboxylic acids is 1. The van der Waals surface area contributed by atoms with Crippen LogP contribution in [0.1, 0.15) is 18.4 Å². The summed E-state index contributed by atoms with van der Waals surface area (Å²) in [6, 6.07) is 8.18. The number of hydrogen-bond donors (Lipinski definition) is 1. The van der Waals surface area contributed by atoms with Crippen LogP contribution < -0.4 is 10.2 Å². The van der Waals surface area contributed by atoms with Crippen LogP contribution >= 0.6 is 0 Å². The van der Waals surface area contributed by atoms with Crippen LogP contribution in [0.4, 0.5) is 5.69 Å². The Morgan fingerprint density at radius 2 is 2.21 bits per heavy atom. The van der Waals surface area contributed by atoms with Crippen molar-refractivity contribution in [2.75, 3.05) is 32.1 Å². The zero-order valence-corrected chi connectivity index (χ0v) is 11.7. The van der Waals surface area contributed by atoms with E-state index in [0.29, 0.717) is 6.54 Å². The van der Waals surface area contributed by atoms with Crippen LogP contribution in [0, 0.1) is 0 Å². The summed E-state index contributed by atoms with van der Waals surface area (Å²) in [6.07, 6.45) is 3.48. The number of rotatable bonds is 4. The highest BCUT2D eigenvalue weighted by molar-refractivity contribution is 5.76. The summed E-state index contributed by atoms with van der Waals surface area (Å²) < 4.78 is 4.84. The Labute approximate surface area is 114 Å². The molecule has 0 bridgehead atoms. The summed E-state index contributed by atoms with van der Waals surface area (Å²) >= 11 is 0. The molecule has 4 heteroatoms. The number of nitrogens with zero attached hydrogens (tertiary/aromatic N) is 1. The summed E-state index contributed by atoms with van der Waals surface area (Å²) in [4.78, 5) is 14.0. The second kappa shape index (κ2) is 6.57. The summed E-state index contributed by atoms with van der Waals surface area (Å²) in [6.45, 7) is 1.65. The molecule has 19 heavy (non-hydrogen) atoms. The molecule has 1 aliphatic heterocycles. The number of hydrogen-bond acceptors (Lipinski definition) is 4. The number of esters is 1. The quantitative estimate of drug-likeness (QED) is 0.837. The van der Waals surface area contributed by atoms with Crippen molar-refractivity contribution in [1.29, 1.82) is 0 Å². The van der Waals surface area contributed by atoms with Gasteiger partial charge in [0.25, 0.3) is 0 Å². The first-order valence-corrected chi connectivity index (χ1v) is 6.84. The van der Waals surface area contributed by atoms with Crippen molar-refractivity contribution in [2.45, 2.75) is 25.3 Å². The second-order valence-corrected chi connectivity index (χ2v) is 4.90. The van der Waals surface area contributed by atoms with E-state index in [0.717, 1.165) is 19.4 Å². The van der Waals surface area contributed by atoms with Crippen molar-refractivity contribution >= 4 is 11.7 Å². The Kier molecular flexibility index (Phi) is 4.80. The lowest BCUT2D eigenvalue weighted by Gasteiger charge is -2.28. The molecule has 0 amide bonds. The fourth-order valence-electron chi connectivity index (χ4n) is 2.61. The van der Waals surface area contributed by atoms with Gasteiger partial charge < -0.3 is 15.0 Å². The number of nitrogens with one attached hydrogen (secondary N) is 1. The third-order valence-corrected chi connectivity index (χ3v) is 3.69. The fraction of sp³-hybridized carbons (Fsp3) is 0.533. The standard InChI is InChI=1S/C15H22N2O2/c1-16-13(15(18)19-2)11-17-10-6-5-8-12-7-3-4-9-14(12)17/h3-4,7,9,13,16H,5-6,8,10-11H2,1-2H3. The maximum atomic E-state index is 11.7. The van der Waals surface area contributed by atoms with Gasteiger partial charge in [-0.25, -0.2) is 0 Å². The topological polar surface area (TPSA) is 41.6 Å². The monoisotopic (exact) mass is 262 g/mol. The van der Waals surface area contributed by atoms with Crippen LogP contribution in [0.25, 0.3) is 0 Å². The van der Waals surface area contributed by atoms with Crippen molar-refractivity contribution in [3.63, 3.8) is 0 Å². The maximum Gasteiger partial charge on any atom is 0.324 e. The van der Waals surface area contributed by atoms with Crippen molar-refractivity contribution in [2.24, 2.45) is 0 Å². The molecule has 2 rings (SSSR count). The lowest BCUT2D eigenvalue weighted by atomic mass is 10.1. The normalized spacial score (nSPS) is 16.4. The van der Waals surface area contributed by atoms with Crippen molar-refractivity contribution < 1.29 is 9.53 Å². The van der Waals surface area contributed by atoms with Gasteiger partial charge in [0.2, 0.25) is 0 Å². The largest absolute Gasteiger partial charge is 0.468 e. The summed E-state index contributed by atoms with van der Waals surface area (Å²) in [7, 11) is 3.23. The fourth-order valence-corrected chi connectivity index (χ4v) is 2.61. The maximum absolute atomic E-state index is 11.7. The molecule has 4 nitrogen and oxygen atoms in total. The lowest BCUT2D eigenvalue weighted by Crippen LogP contribution is -2.45. The first-order chi connectivity index (χ1) is 9.26. The first-order valence-electron chi connectivity index (χ1n) is 6.84. The Morgan fingerprint density at radius 1 is 1.42 bits per heavy atom. The Morgan fingerprint density at radius 3 is 2.95 bits per heavy atom. The molecule has 1 unspecified atom stereocenters. The molecule has 0 aromatic heterocycles. The van der Waals surface area contributed by atoms with E-state index in [9.17, 15) is 4.79 Å². The zero-order valence-electron chi connectivity index (χ0n) is 11.7. The van der Waals surface area contributed by atoms with E-state index in [2.05, 4.69) is 34.5 Å². The minimum atomic E-state index is -0.281. The predicted molar refractivity (Wildman–Crippen MR) is 76.5 cm³/mol. The number of likely N-dealkylation sites (N-methyl/N-ethyl adjacent to an activating group) is 1. The Balaban J connectivity index is 2.17. The van der Waals surface area contributed by atoms with Gasteiger partial charge in [0.1, 0.15) is 6.04 Å². The summed E-state index contributed by atoms with van der Waals surface area (Å²) in [5, 5.41) is 3.04. The van der Waals surface area contributed by atoms with E-state index < -0.39 is 0 Å². The second-order valence-electron chi connectivity index (χ2n) is 4.90. The summed E-state index contributed by atoms with van der Waals surface area (Å²) in [5.41, 5.74) is 2.63. The highest BCUT2D eigenvalue weighted by atomic mass is 16.5. The Hall–Kier alpha value is -1.55. The molecule has 0 radical (unpaired) electrons. The van der Waals surface area contributed by atoms with E-state index in [4.69, 9.17) is 4.74 Å². The third kappa shape index (κ3) is 3.26. The number of anilines is 1. The molecule has 1 heterocycles. The van der Waals surface area contributed by atoms with Crippen LogP contribution in [0.3, 0.4) is 0 Å². The zero-order chi connectivity index (χ0) is 13.7. The first kappa shape index (κ1) is 13.9. The van der Waals surface area contributed by atoms with Crippen LogP contribution in [-0.4, -0.2) is 39.3 Å². The van der Waals surface area contributed by atoms with E-state index in [1.54, 1.807) is 7.05 Å². The number of benzene rings is 1. The van der Waals surface area contributed by atoms with Gasteiger partial charge in [-0.15, -0.1) is 0 Å². The van der Waals surface area contributed by atoms with Gasteiger partial charge in [-0.1, -0.05) is 18.2 Å². The van der Waals surface area contributed by atoms with Gasteiger partial charge in [-0.05, 0) is 37.9 Å². The van der Waals surface area contributed by atoms with E-state index in [1.165, 1.54) is 24.8 Å². The summed E-state index contributed by atoms with van der Waals surface area (Å²) in [5.74, 6) is -0.204. The smallest absolute Gasteiger partial charge is 0.324 e. The molecule has 1 aromatic carbocycles. The molecule has 0 fully saturated rings. The molecule has 104 valence electrons. The van der Waals surface area contributed by atoms with E-state index in [1.807, 2.05) is 0 Å². The van der Waals surface area contributed by atoms with Crippen molar-refractivity contribution in [1.82, 2.24) is 5.32 Å². The van der Waals surface area contributed by atoms with Gasteiger partial charge in [0, 0.05) is 18.8 Å². The van der Waals surface area contributed by atoms with Gasteiger partial charge in [0.15, 0.2) is 0 Å². The molecule has 1 N–H and O–H groups in total. The third-order valence-electron chi connectivity index (χ3n) is 3.69. The highest BCUT2D eigenvalue weighted by Gasteiger charge is 2.23. The van der Waals surface area contributed by atoms with Crippen molar-refractivity contribution in [3.8, 4) is 0 Å². The molecule has 1 aromatic rings. The van der Waals surface area contributed by atoms with Gasteiger partial charge in [-0.2, -0.15) is 0 Å². The van der Waals surface area contributed by atoms with Crippen LogP contribution in [0.5, 0.6) is 0 Å². The predicted octanol–water partition coefficient (Wildman–Crippen LogP) is 1.59. The van der Waals surface area contributed by atoms with Gasteiger partial charge in [-0.3, -0.25) is 4.79 Å². The molecular formula is C15H22N2O2. The van der Waals surface area contributed by atoms with Crippen LogP contribution in [0.15, 0.2) is 24.3 Å². The highest BCUT2D eigenvalue weighted by Crippen LogP contribution is 2.26. The van der Waals surface area contributed by atoms with Gasteiger partial charge >= 0.3 is 5.97 Å². The number of ether oxygens (including phenoxy) is 1. The molecule has 0 saturated carbocycles. The SMILES string of the molecule is CNC(CN1CCCCc2ccccc21)C(=O)OC. The van der Waals surface area contributed by atoms with Crippen LogP contribution in [0.2, 0.25) is 0 Å². The number of fused-ring (bicyclic) bond motifs is 1. The van der Waals surface area contributed by atoms with Gasteiger partial charge in [0.05, 0.1) is 7.11 Å². The number of methoxy groups -OCH3 is 1. The molecule has 0 aliphatic carbocycles. The lowest BCUT2D eigenvalue weighted by molar-refractivity contribution is -0.142. The molecule has 0 saturated heterocycles. The minimum absolute atomic E-state index is 0.204.